The number of benzene rings is 1. The third kappa shape index (κ3) is 2.47. The highest BCUT2D eigenvalue weighted by atomic mass is 32.2. The molecule has 1 aromatic carbocycles. The van der Waals surface area contributed by atoms with E-state index in [1.165, 1.54) is 0 Å². The Morgan fingerprint density at radius 3 is 3.19 bits per heavy atom. The lowest BCUT2D eigenvalue weighted by Crippen LogP contribution is -2.46. The van der Waals surface area contributed by atoms with Crippen molar-refractivity contribution in [3.05, 3.63) is 48.1 Å². The van der Waals surface area contributed by atoms with E-state index >= 15 is 0 Å². The SMILES string of the molecule is O=C(NCc1ccc2c(c1)OCO2)[C@@H]1CSC23C=CC=CC2=NCCC13. The Hall–Kier alpha value is -2.21. The predicted molar refractivity (Wildman–Crippen MR) is 102 cm³/mol. The minimum Gasteiger partial charge on any atom is -0.454 e. The molecule has 5 nitrogen and oxygen atoms in total. The van der Waals surface area contributed by atoms with Crippen LogP contribution in [0.1, 0.15) is 12.0 Å². The maximum Gasteiger partial charge on any atom is 0.231 e. The van der Waals surface area contributed by atoms with Gasteiger partial charge in [-0.3, -0.25) is 9.79 Å². The summed E-state index contributed by atoms with van der Waals surface area (Å²) in [4.78, 5) is 17.6. The number of hydrogen-bond donors (Lipinski definition) is 1. The number of allylic oxidation sites excluding steroid dienone is 3. The molecule has 4 aliphatic rings. The van der Waals surface area contributed by atoms with Crippen LogP contribution in [0.25, 0.3) is 0 Å². The Morgan fingerprint density at radius 1 is 1.31 bits per heavy atom. The highest BCUT2D eigenvalue weighted by Gasteiger charge is 2.53. The third-order valence-electron chi connectivity index (χ3n) is 5.61. The van der Waals surface area contributed by atoms with Crippen molar-refractivity contribution in [3.8, 4) is 11.5 Å². The first-order valence-electron chi connectivity index (χ1n) is 8.97. The highest BCUT2D eigenvalue weighted by Crippen LogP contribution is 2.52. The number of ether oxygens (including phenoxy) is 2. The number of rotatable bonds is 3. The Kier molecular flexibility index (Phi) is 3.81. The van der Waals surface area contributed by atoms with Gasteiger partial charge in [0.15, 0.2) is 11.5 Å². The summed E-state index contributed by atoms with van der Waals surface area (Å²) >= 11 is 1.87. The highest BCUT2D eigenvalue weighted by molar-refractivity contribution is 8.02. The second-order valence-corrected chi connectivity index (χ2v) is 8.29. The number of nitrogens with zero attached hydrogens (tertiary/aromatic N) is 1. The van der Waals surface area contributed by atoms with Crippen LogP contribution in [0.4, 0.5) is 0 Å². The number of amides is 1. The van der Waals surface area contributed by atoms with Crippen LogP contribution in [0.5, 0.6) is 11.5 Å². The summed E-state index contributed by atoms with van der Waals surface area (Å²) < 4.78 is 10.6. The minimum atomic E-state index is -0.103. The lowest BCUT2D eigenvalue weighted by Gasteiger charge is -2.38. The van der Waals surface area contributed by atoms with Crippen LogP contribution in [0.15, 0.2) is 47.5 Å². The molecule has 3 aliphatic heterocycles. The molecule has 2 unspecified atom stereocenters. The third-order valence-corrected chi connectivity index (χ3v) is 7.26. The molecule has 0 bridgehead atoms. The molecule has 1 N–H and O–H groups in total. The van der Waals surface area contributed by atoms with Gasteiger partial charge in [-0.2, -0.15) is 0 Å². The molecule has 1 aliphatic carbocycles. The van der Waals surface area contributed by atoms with Crippen LogP contribution < -0.4 is 14.8 Å². The van der Waals surface area contributed by atoms with Crippen LogP contribution in [0.3, 0.4) is 0 Å². The summed E-state index contributed by atoms with van der Waals surface area (Å²) in [6, 6.07) is 5.81. The predicted octanol–water partition coefficient (Wildman–Crippen LogP) is 2.72. The summed E-state index contributed by atoms with van der Waals surface area (Å²) in [6.45, 7) is 1.58. The fourth-order valence-corrected chi connectivity index (χ4v) is 6.08. The van der Waals surface area contributed by atoms with E-state index in [1.54, 1.807) is 0 Å². The first-order valence-corrected chi connectivity index (χ1v) is 9.96. The summed E-state index contributed by atoms with van der Waals surface area (Å²) in [7, 11) is 0. The molecule has 3 atom stereocenters. The largest absolute Gasteiger partial charge is 0.454 e. The number of carbonyl (C=O) groups excluding carboxylic acids is 1. The van der Waals surface area contributed by atoms with Crippen molar-refractivity contribution in [2.75, 3.05) is 19.1 Å². The number of aliphatic imine (C=N–C) groups is 1. The molecule has 1 amide bonds. The number of fused-ring (bicyclic) bond motifs is 1. The van der Waals surface area contributed by atoms with Gasteiger partial charge in [0.2, 0.25) is 12.7 Å². The van der Waals surface area contributed by atoms with Crippen LogP contribution in [0, 0.1) is 11.8 Å². The minimum absolute atomic E-state index is 0.0238. The number of carbonyl (C=O) groups is 1. The maximum atomic E-state index is 12.9. The van der Waals surface area contributed by atoms with E-state index in [2.05, 4.69) is 23.5 Å². The van der Waals surface area contributed by atoms with Crippen molar-refractivity contribution >= 4 is 23.4 Å². The molecule has 1 spiro atoms. The number of nitrogens with one attached hydrogen (secondary N) is 1. The lowest BCUT2D eigenvalue weighted by molar-refractivity contribution is -0.125. The molecule has 3 heterocycles. The van der Waals surface area contributed by atoms with Crippen molar-refractivity contribution in [2.45, 2.75) is 17.7 Å². The smallest absolute Gasteiger partial charge is 0.231 e. The molecule has 134 valence electrons. The quantitative estimate of drug-likeness (QED) is 0.891. The fraction of sp³-hybridized carbons (Fsp3) is 0.400. The molecule has 1 aromatic rings. The van der Waals surface area contributed by atoms with Gasteiger partial charge in [0, 0.05) is 18.8 Å². The standard InChI is InChI=1S/C20H20N2O3S/c23-19(22-10-13-4-5-16-17(9-13)25-12-24-16)14-11-26-20-7-2-1-3-18(20)21-8-6-15(14)20/h1-5,7,9,14-15H,6,8,10-12H2,(H,22,23)/t14-,15?,20?/m1/s1. The normalized spacial score (nSPS) is 30.5. The Balaban J connectivity index is 1.29. The van der Waals surface area contributed by atoms with E-state index in [0.29, 0.717) is 12.5 Å². The zero-order valence-corrected chi connectivity index (χ0v) is 15.1. The van der Waals surface area contributed by atoms with Gasteiger partial charge >= 0.3 is 0 Å². The van der Waals surface area contributed by atoms with Crippen molar-refractivity contribution in [3.63, 3.8) is 0 Å². The van der Waals surface area contributed by atoms with Gasteiger partial charge in [-0.1, -0.05) is 24.3 Å². The van der Waals surface area contributed by atoms with Crippen molar-refractivity contribution < 1.29 is 14.3 Å². The molecule has 0 saturated carbocycles. The van der Waals surface area contributed by atoms with Gasteiger partial charge in [0.1, 0.15) is 0 Å². The first kappa shape index (κ1) is 16.0. The molecular formula is C20H20N2O3S. The van der Waals surface area contributed by atoms with E-state index in [-0.39, 0.29) is 23.4 Å². The second-order valence-electron chi connectivity index (χ2n) is 7.00. The number of thioether (sulfide) groups is 1. The lowest BCUT2D eigenvalue weighted by atomic mass is 9.74. The van der Waals surface area contributed by atoms with Crippen molar-refractivity contribution in [2.24, 2.45) is 16.8 Å². The monoisotopic (exact) mass is 368 g/mol. The molecule has 0 aromatic heterocycles. The average molecular weight is 368 g/mol. The molecular weight excluding hydrogens is 348 g/mol. The summed E-state index contributed by atoms with van der Waals surface area (Å²) in [5.41, 5.74) is 2.15. The number of hydrogen-bond acceptors (Lipinski definition) is 5. The average Bonchev–Trinajstić information content (AvgIpc) is 3.29. The van der Waals surface area contributed by atoms with Gasteiger partial charge in [0.25, 0.3) is 0 Å². The zero-order valence-electron chi connectivity index (χ0n) is 14.3. The second kappa shape index (κ2) is 6.20. The van der Waals surface area contributed by atoms with E-state index in [1.807, 2.05) is 36.0 Å². The van der Waals surface area contributed by atoms with Crippen LogP contribution in [-0.4, -0.2) is 35.5 Å². The Labute approximate surface area is 156 Å². The van der Waals surface area contributed by atoms with Gasteiger partial charge in [-0.15, -0.1) is 11.8 Å². The van der Waals surface area contributed by atoms with E-state index in [0.717, 1.165) is 41.5 Å². The van der Waals surface area contributed by atoms with E-state index in [4.69, 9.17) is 14.5 Å². The van der Waals surface area contributed by atoms with Crippen LogP contribution in [0.2, 0.25) is 0 Å². The molecule has 1 saturated heterocycles. The molecule has 26 heavy (non-hydrogen) atoms. The summed E-state index contributed by atoms with van der Waals surface area (Å²) in [6.07, 6.45) is 9.45. The van der Waals surface area contributed by atoms with Gasteiger partial charge in [-0.25, -0.2) is 0 Å². The van der Waals surface area contributed by atoms with Crippen LogP contribution in [-0.2, 0) is 11.3 Å². The van der Waals surface area contributed by atoms with E-state index < -0.39 is 0 Å². The van der Waals surface area contributed by atoms with Gasteiger partial charge in [0.05, 0.1) is 16.4 Å². The van der Waals surface area contributed by atoms with Crippen LogP contribution >= 0.6 is 11.8 Å². The topological polar surface area (TPSA) is 59.9 Å². The van der Waals surface area contributed by atoms with Gasteiger partial charge in [-0.05, 0) is 36.1 Å². The first-order chi connectivity index (χ1) is 12.8. The fourth-order valence-electron chi connectivity index (χ4n) is 4.29. The molecule has 5 rings (SSSR count). The zero-order chi connectivity index (χ0) is 17.6. The summed E-state index contributed by atoms with van der Waals surface area (Å²) in [5.74, 6) is 2.84. The van der Waals surface area contributed by atoms with Gasteiger partial charge < -0.3 is 14.8 Å². The molecule has 0 radical (unpaired) electrons. The van der Waals surface area contributed by atoms with Crippen molar-refractivity contribution in [1.29, 1.82) is 0 Å². The maximum absolute atomic E-state index is 12.9. The summed E-state index contributed by atoms with van der Waals surface area (Å²) in [5, 5.41) is 3.13. The molecule has 6 heteroatoms. The Bertz CT molecular complexity index is 847. The van der Waals surface area contributed by atoms with E-state index in [9.17, 15) is 4.79 Å². The Morgan fingerprint density at radius 2 is 2.23 bits per heavy atom. The van der Waals surface area contributed by atoms with Crippen molar-refractivity contribution in [1.82, 2.24) is 5.32 Å². The molecule has 1 fully saturated rings.